The van der Waals surface area contributed by atoms with Crippen LogP contribution < -0.4 is 5.32 Å². The SMILES string of the molecule is CC(=O)NCc1onc(C)c1-c1ccc2nc[nH]c2c1. The smallest absolute Gasteiger partial charge is 0.217 e. The average Bonchev–Trinajstić information content (AvgIpc) is 3.01. The van der Waals surface area contributed by atoms with Gasteiger partial charge in [-0.3, -0.25) is 4.79 Å². The Bertz CT molecular complexity index is 772. The highest BCUT2D eigenvalue weighted by Crippen LogP contribution is 2.29. The van der Waals surface area contributed by atoms with Crippen molar-refractivity contribution < 1.29 is 9.32 Å². The predicted octanol–water partition coefficient (Wildman–Crippen LogP) is 2.16. The molecule has 0 aliphatic rings. The van der Waals surface area contributed by atoms with Crippen molar-refractivity contribution in [1.29, 1.82) is 0 Å². The lowest BCUT2D eigenvalue weighted by molar-refractivity contribution is -0.119. The summed E-state index contributed by atoms with van der Waals surface area (Å²) >= 11 is 0. The molecule has 0 unspecified atom stereocenters. The molecular weight excluding hydrogens is 256 g/mol. The summed E-state index contributed by atoms with van der Waals surface area (Å²) in [5.74, 6) is 0.547. The number of carbonyl (C=O) groups is 1. The van der Waals surface area contributed by atoms with Crippen LogP contribution in [0.3, 0.4) is 0 Å². The summed E-state index contributed by atoms with van der Waals surface area (Å²) in [5, 5.41) is 6.71. The topological polar surface area (TPSA) is 83.8 Å². The molecule has 0 fully saturated rings. The fourth-order valence-electron chi connectivity index (χ4n) is 2.20. The summed E-state index contributed by atoms with van der Waals surface area (Å²) in [7, 11) is 0. The van der Waals surface area contributed by atoms with E-state index in [1.54, 1.807) is 6.33 Å². The number of nitrogens with zero attached hydrogens (tertiary/aromatic N) is 2. The highest BCUT2D eigenvalue weighted by atomic mass is 16.5. The molecule has 3 aromatic rings. The monoisotopic (exact) mass is 270 g/mol. The Morgan fingerprint density at radius 3 is 3.10 bits per heavy atom. The van der Waals surface area contributed by atoms with Gasteiger partial charge in [-0.2, -0.15) is 0 Å². The second-order valence-corrected chi connectivity index (χ2v) is 4.61. The van der Waals surface area contributed by atoms with Crippen molar-refractivity contribution in [1.82, 2.24) is 20.4 Å². The van der Waals surface area contributed by atoms with Crippen LogP contribution in [0.4, 0.5) is 0 Å². The molecule has 20 heavy (non-hydrogen) atoms. The van der Waals surface area contributed by atoms with Crippen LogP contribution in [0, 0.1) is 6.92 Å². The van der Waals surface area contributed by atoms with Crippen LogP contribution >= 0.6 is 0 Å². The van der Waals surface area contributed by atoms with Crippen LogP contribution in [0.5, 0.6) is 0 Å². The number of hydrogen-bond acceptors (Lipinski definition) is 4. The Kier molecular flexibility index (Phi) is 2.98. The summed E-state index contributed by atoms with van der Waals surface area (Å²) in [4.78, 5) is 18.3. The number of fused-ring (bicyclic) bond motifs is 1. The van der Waals surface area contributed by atoms with Gasteiger partial charge in [0.2, 0.25) is 5.91 Å². The highest BCUT2D eigenvalue weighted by molar-refractivity contribution is 5.82. The van der Waals surface area contributed by atoms with Crippen molar-refractivity contribution in [2.45, 2.75) is 20.4 Å². The number of benzene rings is 1. The maximum Gasteiger partial charge on any atom is 0.217 e. The molecule has 0 aliphatic heterocycles. The van der Waals surface area contributed by atoms with Gasteiger partial charge < -0.3 is 14.8 Å². The number of rotatable bonds is 3. The largest absolute Gasteiger partial charge is 0.359 e. The summed E-state index contributed by atoms with van der Waals surface area (Å²) in [6.45, 7) is 3.68. The number of carbonyl (C=O) groups excluding carboxylic acids is 1. The van der Waals surface area contributed by atoms with Gasteiger partial charge in [0.15, 0.2) is 5.76 Å². The van der Waals surface area contributed by atoms with E-state index in [4.69, 9.17) is 4.52 Å². The fraction of sp³-hybridized carbons (Fsp3) is 0.214. The molecule has 2 aromatic heterocycles. The molecule has 0 radical (unpaired) electrons. The van der Waals surface area contributed by atoms with Crippen LogP contribution in [0.2, 0.25) is 0 Å². The van der Waals surface area contributed by atoms with E-state index in [0.717, 1.165) is 27.9 Å². The van der Waals surface area contributed by atoms with Crippen LogP contribution in [0.1, 0.15) is 18.4 Å². The van der Waals surface area contributed by atoms with E-state index in [1.807, 2.05) is 25.1 Å². The quantitative estimate of drug-likeness (QED) is 0.764. The first-order chi connectivity index (χ1) is 9.65. The number of amides is 1. The lowest BCUT2D eigenvalue weighted by Crippen LogP contribution is -2.18. The molecule has 6 heteroatoms. The normalized spacial score (nSPS) is 10.9. The lowest BCUT2D eigenvalue weighted by atomic mass is 10.0. The van der Waals surface area contributed by atoms with E-state index in [-0.39, 0.29) is 5.91 Å². The average molecular weight is 270 g/mol. The van der Waals surface area contributed by atoms with Crippen LogP contribution in [0.15, 0.2) is 29.0 Å². The van der Waals surface area contributed by atoms with E-state index < -0.39 is 0 Å². The van der Waals surface area contributed by atoms with Gasteiger partial charge in [0.1, 0.15) is 0 Å². The van der Waals surface area contributed by atoms with Gasteiger partial charge in [-0.1, -0.05) is 11.2 Å². The Balaban J connectivity index is 2.03. The number of aryl methyl sites for hydroxylation is 1. The highest BCUT2D eigenvalue weighted by Gasteiger charge is 2.15. The van der Waals surface area contributed by atoms with E-state index in [0.29, 0.717) is 12.3 Å². The summed E-state index contributed by atoms with van der Waals surface area (Å²) in [6, 6.07) is 5.91. The van der Waals surface area contributed by atoms with Crippen molar-refractivity contribution in [3.8, 4) is 11.1 Å². The minimum atomic E-state index is -0.103. The second kappa shape index (κ2) is 4.80. The molecule has 0 aliphatic carbocycles. The number of aromatic amines is 1. The van der Waals surface area contributed by atoms with E-state index in [2.05, 4.69) is 20.4 Å². The first kappa shape index (κ1) is 12.4. The second-order valence-electron chi connectivity index (χ2n) is 4.61. The van der Waals surface area contributed by atoms with Crippen LogP contribution in [-0.4, -0.2) is 21.0 Å². The first-order valence-corrected chi connectivity index (χ1v) is 6.28. The van der Waals surface area contributed by atoms with E-state index in [1.165, 1.54) is 6.92 Å². The van der Waals surface area contributed by atoms with Gasteiger partial charge in [0.05, 0.1) is 29.6 Å². The minimum Gasteiger partial charge on any atom is -0.359 e. The lowest BCUT2D eigenvalue weighted by Gasteiger charge is -2.03. The number of imidazole rings is 1. The number of hydrogen-bond donors (Lipinski definition) is 2. The van der Waals surface area contributed by atoms with Gasteiger partial charge in [-0.15, -0.1) is 0 Å². The molecule has 2 heterocycles. The summed E-state index contributed by atoms with van der Waals surface area (Å²) in [5.41, 5.74) is 4.56. The van der Waals surface area contributed by atoms with Gasteiger partial charge in [0.25, 0.3) is 0 Å². The Morgan fingerprint density at radius 1 is 1.45 bits per heavy atom. The zero-order valence-corrected chi connectivity index (χ0v) is 11.2. The molecule has 102 valence electrons. The standard InChI is InChI=1S/C14H14N4O2/c1-8-14(13(20-18-8)6-15-9(2)19)10-3-4-11-12(5-10)17-7-16-11/h3-5,7H,6H2,1-2H3,(H,15,19)(H,16,17). The molecule has 3 rings (SSSR count). The fourth-order valence-corrected chi connectivity index (χ4v) is 2.20. The van der Waals surface area contributed by atoms with Gasteiger partial charge in [-0.25, -0.2) is 4.98 Å². The summed E-state index contributed by atoms with van der Waals surface area (Å²) < 4.78 is 5.30. The maximum atomic E-state index is 11.0. The number of H-pyrrole nitrogens is 1. The van der Waals surface area contributed by atoms with Crippen LogP contribution in [0.25, 0.3) is 22.2 Å². The zero-order valence-electron chi connectivity index (χ0n) is 11.2. The molecule has 0 atom stereocenters. The van der Waals surface area contributed by atoms with Gasteiger partial charge >= 0.3 is 0 Å². The van der Waals surface area contributed by atoms with Gasteiger partial charge in [0, 0.05) is 12.5 Å². The molecule has 1 aromatic carbocycles. The molecular formula is C14H14N4O2. The molecule has 0 saturated heterocycles. The van der Waals surface area contributed by atoms with Crippen molar-refractivity contribution in [2.24, 2.45) is 0 Å². The number of aromatic nitrogens is 3. The van der Waals surface area contributed by atoms with E-state index in [9.17, 15) is 4.79 Å². The third-order valence-electron chi connectivity index (χ3n) is 3.14. The van der Waals surface area contributed by atoms with Crippen molar-refractivity contribution in [3.63, 3.8) is 0 Å². The maximum absolute atomic E-state index is 11.0. The Labute approximate surface area is 115 Å². The first-order valence-electron chi connectivity index (χ1n) is 6.28. The number of nitrogens with one attached hydrogen (secondary N) is 2. The minimum absolute atomic E-state index is 0.103. The Hall–Kier alpha value is -2.63. The molecule has 0 spiro atoms. The molecule has 1 amide bonds. The van der Waals surface area contributed by atoms with Crippen LogP contribution in [-0.2, 0) is 11.3 Å². The Morgan fingerprint density at radius 2 is 2.30 bits per heavy atom. The van der Waals surface area contributed by atoms with Crippen molar-refractivity contribution in [3.05, 3.63) is 36.0 Å². The van der Waals surface area contributed by atoms with Crippen molar-refractivity contribution in [2.75, 3.05) is 0 Å². The van der Waals surface area contributed by atoms with E-state index >= 15 is 0 Å². The molecule has 2 N–H and O–H groups in total. The molecule has 0 bridgehead atoms. The molecule has 0 saturated carbocycles. The van der Waals surface area contributed by atoms with Crippen molar-refractivity contribution >= 4 is 16.9 Å². The van der Waals surface area contributed by atoms with Gasteiger partial charge in [-0.05, 0) is 24.6 Å². The molecule has 6 nitrogen and oxygen atoms in total. The predicted molar refractivity (Wildman–Crippen MR) is 73.8 cm³/mol. The third-order valence-corrected chi connectivity index (χ3v) is 3.14. The third kappa shape index (κ3) is 2.16. The zero-order chi connectivity index (χ0) is 14.1. The summed E-state index contributed by atoms with van der Waals surface area (Å²) in [6.07, 6.45) is 1.66.